The summed E-state index contributed by atoms with van der Waals surface area (Å²) in [5, 5.41) is 13.7. The fourth-order valence-corrected chi connectivity index (χ4v) is 1.95. The maximum atomic E-state index is 12.2. The van der Waals surface area contributed by atoms with Crippen LogP contribution in [0.4, 0.5) is 5.69 Å². The second-order valence-electron chi connectivity index (χ2n) is 4.08. The van der Waals surface area contributed by atoms with Crippen LogP contribution in [0.5, 0.6) is 5.75 Å². The van der Waals surface area contributed by atoms with E-state index in [4.69, 9.17) is 16.3 Å². The molecule has 0 aliphatic carbocycles. The summed E-state index contributed by atoms with van der Waals surface area (Å²) in [5.41, 5.74) is -0.0805. The number of rotatable bonds is 7. The highest BCUT2D eigenvalue weighted by Crippen LogP contribution is 2.31. The van der Waals surface area contributed by atoms with Crippen LogP contribution in [0.25, 0.3) is 0 Å². The van der Waals surface area contributed by atoms with E-state index in [1.807, 2.05) is 6.92 Å². The Morgan fingerprint density at radius 3 is 2.70 bits per heavy atom. The molecule has 0 saturated carbocycles. The third-order valence-corrected chi connectivity index (χ3v) is 3.11. The van der Waals surface area contributed by atoms with E-state index in [9.17, 15) is 14.9 Å². The van der Waals surface area contributed by atoms with E-state index in [2.05, 4.69) is 5.32 Å². The van der Waals surface area contributed by atoms with E-state index in [1.165, 1.54) is 18.2 Å². The number of benzene rings is 1. The summed E-state index contributed by atoms with van der Waals surface area (Å²) in [4.78, 5) is 22.6. The Labute approximate surface area is 122 Å². The second-order valence-corrected chi connectivity index (χ2v) is 4.39. The van der Waals surface area contributed by atoms with Gasteiger partial charge in [-0.2, -0.15) is 0 Å². The molecule has 0 bridgehead atoms. The molecule has 1 unspecified atom stereocenters. The number of hydrogen-bond donors (Lipinski definition) is 1. The molecule has 0 aliphatic heterocycles. The SMILES string of the molecule is CCOc1c(C(=O)NC(CC)CCl)cccc1[N+](=O)[O-]. The molecule has 1 amide bonds. The molecule has 1 N–H and O–H groups in total. The smallest absolute Gasteiger partial charge is 0.311 e. The number of ether oxygens (including phenoxy) is 1. The lowest BCUT2D eigenvalue weighted by molar-refractivity contribution is -0.385. The average molecular weight is 301 g/mol. The molecule has 0 radical (unpaired) electrons. The Morgan fingerprint density at radius 2 is 2.20 bits per heavy atom. The molecule has 1 aromatic carbocycles. The number of hydrogen-bond acceptors (Lipinski definition) is 4. The minimum atomic E-state index is -0.569. The van der Waals surface area contributed by atoms with Crippen LogP contribution in [0.1, 0.15) is 30.6 Å². The van der Waals surface area contributed by atoms with Gasteiger partial charge in [0.05, 0.1) is 17.1 Å². The van der Waals surface area contributed by atoms with Gasteiger partial charge < -0.3 is 10.1 Å². The van der Waals surface area contributed by atoms with E-state index in [1.54, 1.807) is 6.92 Å². The lowest BCUT2D eigenvalue weighted by atomic mass is 10.1. The van der Waals surface area contributed by atoms with Gasteiger partial charge >= 0.3 is 5.69 Å². The fourth-order valence-electron chi connectivity index (χ4n) is 1.66. The summed E-state index contributed by atoms with van der Waals surface area (Å²) >= 11 is 5.73. The van der Waals surface area contributed by atoms with Gasteiger partial charge in [0.2, 0.25) is 5.75 Å². The van der Waals surface area contributed by atoms with Crippen LogP contribution in [0, 0.1) is 10.1 Å². The highest BCUT2D eigenvalue weighted by molar-refractivity contribution is 6.18. The molecular weight excluding hydrogens is 284 g/mol. The summed E-state index contributed by atoms with van der Waals surface area (Å²) in [6, 6.07) is 4.07. The molecule has 0 fully saturated rings. The minimum Gasteiger partial charge on any atom is -0.487 e. The van der Waals surface area contributed by atoms with Crippen molar-refractivity contribution in [2.24, 2.45) is 0 Å². The Bertz CT molecular complexity index is 489. The number of amides is 1. The number of para-hydroxylation sites is 1. The molecule has 20 heavy (non-hydrogen) atoms. The normalized spacial score (nSPS) is 11.8. The third-order valence-electron chi connectivity index (χ3n) is 2.74. The Balaban J connectivity index is 3.13. The number of alkyl halides is 1. The standard InChI is InChI=1S/C13H17ClN2O4/c1-3-9(8-14)15-13(17)10-6-5-7-11(16(18)19)12(10)20-4-2/h5-7,9H,3-4,8H2,1-2H3,(H,15,17). The van der Waals surface area contributed by atoms with Crippen molar-refractivity contribution in [2.75, 3.05) is 12.5 Å². The molecular formula is C13H17ClN2O4. The molecule has 0 saturated heterocycles. The summed E-state index contributed by atoms with van der Waals surface area (Å²) in [6.45, 7) is 3.83. The van der Waals surface area contributed by atoms with Crippen LogP contribution in [0.3, 0.4) is 0 Å². The first kappa shape index (κ1) is 16.2. The van der Waals surface area contributed by atoms with Gasteiger partial charge in [-0.25, -0.2) is 0 Å². The van der Waals surface area contributed by atoms with Gasteiger partial charge in [-0.1, -0.05) is 13.0 Å². The van der Waals surface area contributed by atoms with E-state index >= 15 is 0 Å². The van der Waals surface area contributed by atoms with Gasteiger partial charge in [-0.15, -0.1) is 11.6 Å². The monoisotopic (exact) mass is 300 g/mol. The quantitative estimate of drug-likeness (QED) is 0.477. The van der Waals surface area contributed by atoms with Crippen molar-refractivity contribution in [3.8, 4) is 5.75 Å². The van der Waals surface area contributed by atoms with Crippen LogP contribution in [0.2, 0.25) is 0 Å². The van der Waals surface area contributed by atoms with E-state index < -0.39 is 10.8 Å². The lowest BCUT2D eigenvalue weighted by Crippen LogP contribution is -2.35. The molecule has 0 aliphatic rings. The number of halogens is 1. The number of nitro groups is 1. The molecule has 0 aromatic heterocycles. The predicted octanol–water partition coefficient (Wildman–Crippen LogP) is 2.74. The minimum absolute atomic E-state index is 0.0121. The zero-order chi connectivity index (χ0) is 15.1. The van der Waals surface area contributed by atoms with Crippen LogP contribution in [0.15, 0.2) is 18.2 Å². The topological polar surface area (TPSA) is 81.5 Å². The van der Waals surface area contributed by atoms with Crippen molar-refractivity contribution in [1.82, 2.24) is 5.32 Å². The van der Waals surface area contributed by atoms with Gasteiger partial charge in [0.1, 0.15) is 0 Å². The number of nitrogens with one attached hydrogen (secondary N) is 1. The molecule has 110 valence electrons. The summed E-state index contributed by atoms with van der Waals surface area (Å²) in [5.74, 6) is -0.159. The highest BCUT2D eigenvalue weighted by Gasteiger charge is 2.23. The van der Waals surface area contributed by atoms with Crippen LogP contribution in [-0.4, -0.2) is 29.4 Å². The number of nitro benzene ring substituents is 1. The third kappa shape index (κ3) is 3.84. The van der Waals surface area contributed by atoms with E-state index in [-0.39, 0.29) is 35.5 Å². The largest absolute Gasteiger partial charge is 0.487 e. The van der Waals surface area contributed by atoms with Crippen molar-refractivity contribution in [2.45, 2.75) is 26.3 Å². The first-order chi connectivity index (χ1) is 9.54. The molecule has 1 aromatic rings. The maximum absolute atomic E-state index is 12.2. The number of carbonyl (C=O) groups is 1. The van der Waals surface area contributed by atoms with Gasteiger partial charge in [0.25, 0.3) is 5.91 Å². The number of carbonyl (C=O) groups excluding carboxylic acids is 1. The molecule has 1 rings (SSSR count). The first-order valence-electron chi connectivity index (χ1n) is 6.32. The van der Waals surface area contributed by atoms with Gasteiger partial charge in [-0.05, 0) is 19.4 Å². The van der Waals surface area contributed by atoms with E-state index in [0.29, 0.717) is 6.42 Å². The number of nitrogens with zero attached hydrogens (tertiary/aromatic N) is 1. The molecule has 0 heterocycles. The van der Waals surface area contributed by atoms with Crippen molar-refractivity contribution in [3.05, 3.63) is 33.9 Å². The molecule has 1 atom stereocenters. The molecule has 6 nitrogen and oxygen atoms in total. The summed E-state index contributed by atoms with van der Waals surface area (Å²) < 4.78 is 5.26. The Hall–Kier alpha value is -1.82. The van der Waals surface area contributed by atoms with Gasteiger partial charge in [0.15, 0.2) is 0 Å². The molecule has 0 spiro atoms. The van der Waals surface area contributed by atoms with E-state index in [0.717, 1.165) is 0 Å². The van der Waals surface area contributed by atoms with Gasteiger partial charge in [0, 0.05) is 18.0 Å². The van der Waals surface area contributed by atoms with Crippen LogP contribution < -0.4 is 10.1 Å². The van der Waals surface area contributed by atoms with Crippen molar-refractivity contribution < 1.29 is 14.5 Å². The fraction of sp³-hybridized carbons (Fsp3) is 0.462. The highest BCUT2D eigenvalue weighted by atomic mass is 35.5. The van der Waals surface area contributed by atoms with Crippen molar-refractivity contribution >= 4 is 23.2 Å². The lowest BCUT2D eigenvalue weighted by Gasteiger charge is -2.15. The predicted molar refractivity (Wildman–Crippen MR) is 76.5 cm³/mol. The zero-order valence-corrected chi connectivity index (χ0v) is 12.1. The zero-order valence-electron chi connectivity index (χ0n) is 11.4. The van der Waals surface area contributed by atoms with Crippen molar-refractivity contribution in [1.29, 1.82) is 0 Å². The van der Waals surface area contributed by atoms with Gasteiger partial charge in [-0.3, -0.25) is 14.9 Å². The molecule has 7 heteroatoms. The summed E-state index contributed by atoms with van der Waals surface area (Å²) in [6.07, 6.45) is 0.675. The Morgan fingerprint density at radius 1 is 1.50 bits per heavy atom. The van der Waals surface area contributed by atoms with Crippen LogP contribution >= 0.6 is 11.6 Å². The van der Waals surface area contributed by atoms with Crippen LogP contribution in [-0.2, 0) is 0 Å². The summed E-state index contributed by atoms with van der Waals surface area (Å²) in [7, 11) is 0. The first-order valence-corrected chi connectivity index (χ1v) is 6.85. The van der Waals surface area contributed by atoms with Crippen molar-refractivity contribution in [3.63, 3.8) is 0 Å². The second kappa shape index (κ2) is 7.69. The Kier molecular flexibility index (Phi) is 6.24. The average Bonchev–Trinajstić information content (AvgIpc) is 2.44. The maximum Gasteiger partial charge on any atom is 0.311 e.